The van der Waals surface area contributed by atoms with Crippen molar-refractivity contribution in [3.8, 4) is 0 Å². The summed E-state index contributed by atoms with van der Waals surface area (Å²) in [6, 6.07) is 9.88. The molecule has 1 unspecified atom stereocenters. The van der Waals surface area contributed by atoms with E-state index in [-0.39, 0.29) is 5.91 Å². The zero-order chi connectivity index (χ0) is 15.4. The fourth-order valence-electron chi connectivity index (χ4n) is 1.56. The smallest absolute Gasteiger partial charge is 0.252 e. The number of pyridine rings is 1. The molecule has 1 aromatic carbocycles. The molecular formula is C14H12Cl2N2O2S. The van der Waals surface area contributed by atoms with E-state index in [0.717, 1.165) is 4.73 Å². The lowest BCUT2D eigenvalue weighted by atomic mass is 10.3. The molecule has 4 nitrogen and oxygen atoms in total. The summed E-state index contributed by atoms with van der Waals surface area (Å²) in [6.45, 7) is 1.72. The first-order valence-electron chi connectivity index (χ1n) is 6.08. The van der Waals surface area contributed by atoms with Crippen LogP contribution in [-0.2, 0) is 4.79 Å². The number of nitrogens with one attached hydrogen (secondary N) is 1. The average molecular weight is 343 g/mol. The van der Waals surface area contributed by atoms with Crippen LogP contribution in [0.3, 0.4) is 0 Å². The highest BCUT2D eigenvalue weighted by Crippen LogP contribution is 2.27. The van der Waals surface area contributed by atoms with Crippen LogP contribution in [0.15, 0.2) is 47.6 Å². The number of nitrogens with zero attached hydrogens (tertiary/aromatic N) is 1. The third-order valence-corrected chi connectivity index (χ3v) is 4.32. The molecule has 1 aromatic heterocycles. The molecule has 0 bridgehead atoms. The zero-order valence-corrected chi connectivity index (χ0v) is 13.4. The summed E-state index contributed by atoms with van der Waals surface area (Å²) in [5, 5.41) is 15.2. The average Bonchev–Trinajstić information content (AvgIpc) is 2.44. The molecule has 2 aromatic rings. The first-order valence-corrected chi connectivity index (χ1v) is 7.71. The van der Waals surface area contributed by atoms with Crippen molar-refractivity contribution in [2.24, 2.45) is 0 Å². The number of halogens is 2. The van der Waals surface area contributed by atoms with Gasteiger partial charge in [0.05, 0.1) is 16.0 Å². The highest BCUT2D eigenvalue weighted by molar-refractivity contribution is 8.00. The second-order valence-corrected chi connectivity index (χ2v) is 6.44. The molecule has 110 valence electrons. The first-order chi connectivity index (χ1) is 9.97. The summed E-state index contributed by atoms with van der Waals surface area (Å²) >= 11 is 13.0. The van der Waals surface area contributed by atoms with Gasteiger partial charge in [0, 0.05) is 17.2 Å². The fraction of sp³-hybridized carbons (Fsp3) is 0.143. The number of carbonyl (C=O) groups is 1. The number of hydrogen-bond donors (Lipinski definition) is 1. The van der Waals surface area contributed by atoms with Crippen LogP contribution in [-0.4, -0.2) is 11.2 Å². The summed E-state index contributed by atoms with van der Waals surface area (Å²) in [4.78, 5) is 12.1. The van der Waals surface area contributed by atoms with Crippen molar-refractivity contribution in [3.63, 3.8) is 0 Å². The van der Waals surface area contributed by atoms with E-state index in [1.165, 1.54) is 18.0 Å². The van der Waals surface area contributed by atoms with Gasteiger partial charge in [-0.05, 0) is 43.0 Å². The van der Waals surface area contributed by atoms with Crippen LogP contribution in [0.25, 0.3) is 0 Å². The monoisotopic (exact) mass is 342 g/mol. The van der Waals surface area contributed by atoms with Crippen LogP contribution >= 0.6 is 35.0 Å². The van der Waals surface area contributed by atoms with Gasteiger partial charge in [-0.3, -0.25) is 4.79 Å². The van der Waals surface area contributed by atoms with Gasteiger partial charge in [0.25, 0.3) is 5.03 Å². The number of anilines is 1. The van der Waals surface area contributed by atoms with E-state index in [0.29, 0.717) is 20.8 Å². The van der Waals surface area contributed by atoms with Gasteiger partial charge in [0.2, 0.25) is 5.91 Å². The molecule has 0 aliphatic rings. The van der Waals surface area contributed by atoms with E-state index in [4.69, 9.17) is 23.2 Å². The Balaban J connectivity index is 2.04. The lowest BCUT2D eigenvalue weighted by molar-refractivity contribution is -0.645. The minimum Gasteiger partial charge on any atom is -0.618 e. The van der Waals surface area contributed by atoms with Crippen molar-refractivity contribution in [1.82, 2.24) is 0 Å². The third-order valence-electron chi connectivity index (χ3n) is 2.64. The van der Waals surface area contributed by atoms with Crippen LogP contribution in [0.5, 0.6) is 0 Å². The summed E-state index contributed by atoms with van der Waals surface area (Å²) in [5.41, 5.74) is 0.488. The van der Waals surface area contributed by atoms with Gasteiger partial charge in [0.15, 0.2) is 6.20 Å². The molecule has 0 fully saturated rings. The maximum absolute atomic E-state index is 12.1. The van der Waals surface area contributed by atoms with Gasteiger partial charge < -0.3 is 10.5 Å². The second-order valence-electron chi connectivity index (χ2n) is 4.24. The normalized spacial score (nSPS) is 12.0. The maximum Gasteiger partial charge on any atom is 0.252 e. The molecule has 21 heavy (non-hydrogen) atoms. The Bertz CT molecular complexity index is 667. The molecule has 1 heterocycles. The number of rotatable bonds is 4. The molecular weight excluding hydrogens is 331 g/mol. The highest BCUT2D eigenvalue weighted by Gasteiger charge is 2.19. The number of benzene rings is 1. The van der Waals surface area contributed by atoms with E-state index in [2.05, 4.69) is 5.32 Å². The van der Waals surface area contributed by atoms with Gasteiger partial charge in [-0.25, -0.2) is 0 Å². The van der Waals surface area contributed by atoms with Crippen molar-refractivity contribution >= 4 is 46.6 Å². The molecule has 1 atom stereocenters. The lowest BCUT2D eigenvalue weighted by Crippen LogP contribution is -2.30. The Labute approximate surface area is 136 Å². The lowest BCUT2D eigenvalue weighted by Gasteiger charge is -2.12. The van der Waals surface area contributed by atoms with Crippen LogP contribution in [0, 0.1) is 5.21 Å². The number of carbonyl (C=O) groups excluding carboxylic acids is 1. The molecule has 7 heteroatoms. The third kappa shape index (κ3) is 4.27. The summed E-state index contributed by atoms with van der Waals surface area (Å²) in [6.07, 6.45) is 1.39. The van der Waals surface area contributed by atoms with E-state index >= 15 is 0 Å². The Morgan fingerprint density at radius 2 is 2.10 bits per heavy atom. The number of thioether (sulfide) groups is 1. The van der Waals surface area contributed by atoms with Crippen molar-refractivity contribution < 1.29 is 9.52 Å². The van der Waals surface area contributed by atoms with Crippen molar-refractivity contribution in [1.29, 1.82) is 0 Å². The SMILES string of the molecule is CC(Sc1cccc[n+]1[O-])C(=O)Nc1ccc(Cl)cc1Cl. The number of aromatic nitrogens is 1. The summed E-state index contributed by atoms with van der Waals surface area (Å²) in [7, 11) is 0. The van der Waals surface area contributed by atoms with Crippen molar-refractivity contribution in [2.75, 3.05) is 5.32 Å². The van der Waals surface area contributed by atoms with Gasteiger partial charge in [-0.2, -0.15) is 4.73 Å². The van der Waals surface area contributed by atoms with Crippen LogP contribution in [0.4, 0.5) is 5.69 Å². The summed E-state index contributed by atoms with van der Waals surface area (Å²) in [5.74, 6) is -0.243. The Morgan fingerprint density at radius 1 is 1.33 bits per heavy atom. The molecule has 0 saturated carbocycles. The quantitative estimate of drug-likeness (QED) is 0.523. The van der Waals surface area contributed by atoms with E-state index < -0.39 is 5.25 Å². The van der Waals surface area contributed by atoms with Crippen molar-refractivity contribution in [3.05, 3.63) is 57.8 Å². The van der Waals surface area contributed by atoms with Gasteiger partial charge in [-0.1, -0.05) is 23.2 Å². The van der Waals surface area contributed by atoms with Gasteiger partial charge >= 0.3 is 0 Å². The molecule has 1 amide bonds. The van der Waals surface area contributed by atoms with Gasteiger partial charge in [0.1, 0.15) is 0 Å². The first kappa shape index (κ1) is 15.9. The van der Waals surface area contributed by atoms with Crippen molar-refractivity contribution in [2.45, 2.75) is 17.2 Å². The Hall–Kier alpha value is -1.43. The van der Waals surface area contributed by atoms with Crippen LogP contribution < -0.4 is 10.0 Å². The molecule has 0 aliphatic carbocycles. The Morgan fingerprint density at radius 3 is 2.76 bits per heavy atom. The maximum atomic E-state index is 12.1. The standard InChI is InChI=1S/C14H12Cl2N2O2S/c1-9(21-13-4-2-3-7-18(13)20)14(19)17-12-6-5-10(15)8-11(12)16/h2-9H,1H3,(H,17,19). The molecule has 0 saturated heterocycles. The molecule has 2 rings (SSSR count). The largest absolute Gasteiger partial charge is 0.618 e. The zero-order valence-electron chi connectivity index (χ0n) is 11.0. The summed E-state index contributed by atoms with van der Waals surface area (Å²) < 4.78 is 0.726. The number of amides is 1. The predicted octanol–water partition coefficient (Wildman–Crippen LogP) is 3.75. The molecule has 0 aliphatic heterocycles. The van der Waals surface area contributed by atoms with Crippen LogP contribution in [0.1, 0.15) is 6.92 Å². The van der Waals surface area contributed by atoms with Gasteiger partial charge in [-0.15, -0.1) is 0 Å². The molecule has 0 radical (unpaired) electrons. The van der Waals surface area contributed by atoms with E-state index in [9.17, 15) is 10.0 Å². The minimum absolute atomic E-state index is 0.243. The topological polar surface area (TPSA) is 56.0 Å². The highest BCUT2D eigenvalue weighted by atomic mass is 35.5. The molecule has 0 spiro atoms. The predicted molar refractivity (Wildman–Crippen MR) is 85.8 cm³/mol. The second kappa shape index (κ2) is 7.02. The minimum atomic E-state index is -0.445. The van der Waals surface area contributed by atoms with E-state index in [1.54, 1.807) is 43.3 Å². The molecule has 1 N–H and O–H groups in total. The number of hydrogen-bond acceptors (Lipinski definition) is 3. The Kier molecular flexibility index (Phi) is 5.33. The van der Waals surface area contributed by atoms with Crippen LogP contribution in [0.2, 0.25) is 10.0 Å². The van der Waals surface area contributed by atoms with E-state index in [1.807, 2.05) is 0 Å². The fourth-order valence-corrected chi connectivity index (χ4v) is 2.87.